The Hall–Kier alpha value is -1.78. The van der Waals surface area contributed by atoms with Crippen molar-refractivity contribution >= 4 is 45.4 Å². The third kappa shape index (κ3) is 2.89. The molecular formula is C17H17ClN2OS. The van der Waals surface area contributed by atoms with Gasteiger partial charge in [0.15, 0.2) is 0 Å². The summed E-state index contributed by atoms with van der Waals surface area (Å²) in [4.78, 5) is 16.2. The second-order valence-electron chi connectivity index (χ2n) is 6.29. The fraction of sp³-hybridized carbons (Fsp3) is 0.235. The SMILES string of the molecule is CC(C)(C)c1cc2cc(NC(=O)c3sccc3Cl)ccc2[nH]1. The highest BCUT2D eigenvalue weighted by Gasteiger charge is 2.17. The fourth-order valence-electron chi connectivity index (χ4n) is 2.26. The minimum Gasteiger partial charge on any atom is -0.358 e. The van der Waals surface area contributed by atoms with Gasteiger partial charge in [-0.15, -0.1) is 11.3 Å². The van der Waals surface area contributed by atoms with E-state index in [9.17, 15) is 4.79 Å². The molecule has 3 rings (SSSR count). The van der Waals surface area contributed by atoms with Crippen LogP contribution in [0.4, 0.5) is 5.69 Å². The molecule has 0 aliphatic carbocycles. The van der Waals surface area contributed by atoms with Gasteiger partial charge in [0.25, 0.3) is 5.91 Å². The molecule has 5 heteroatoms. The van der Waals surface area contributed by atoms with Crippen molar-refractivity contribution in [3.63, 3.8) is 0 Å². The van der Waals surface area contributed by atoms with Crippen LogP contribution in [0, 0.1) is 0 Å². The monoisotopic (exact) mass is 332 g/mol. The molecule has 2 N–H and O–H groups in total. The number of anilines is 1. The Morgan fingerprint density at radius 3 is 2.64 bits per heavy atom. The van der Waals surface area contributed by atoms with Crippen LogP contribution in [0.5, 0.6) is 0 Å². The van der Waals surface area contributed by atoms with Crippen LogP contribution in [-0.4, -0.2) is 10.9 Å². The van der Waals surface area contributed by atoms with Crippen LogP contribution in [-0.2, 0) is 5.41 Å². The summed E-state index contributed by atoms with van der Waals surface area (Å²) in [6.07, 6.45) is 0. The average molecular weight is 333 g/mol. The van der Waals surface area contributed by atoms with E-state index >= 15 is 0 Å². The molecule has 0 saturated carbocycles. The van der Waals surface area contributed by atoms with Crippen LogP contribution in [0.2, 0.25) is 5.02 Å². The molecule has 0 fully saturated rings. The molecule has 114 valence electrons. The molecule has 0 saturated heterocycles. The first-order valence-corrected chi connectivity index (χ1v) is 8.28. The quantitative estimate of drug-likeness (QED) is 0.645. The summed E-state index contributed by atoms with van der Waals surface area (Å²) in [5, 5.41) is 6.28. The number of aromatic amines is 1. The zero-order valence-corrected chi connectivity index (χ0v) is 14.2. The maximum Gasteiger partial charge on any atom is 0.267 e. The third-order valence-electron chi connectivity index (χ3n) is 3.51. The Balaban J connectivity index is 1.89. The van der Waals surface area contributed by atoms with Gasteiger partial charge in [-0.05, 0) is 35.7 Å². The standard InChI is InChI=1S/C17H17ClN2OS/c1-17(2,3)14-9-10-8-11(4-5-13(10)20-14)19-16(21)15-12(18)6-7-22-15/h4-9,20H,1-3H3,(H,19,21). The van der Waals surface area contributed by atoms with Crippen molar-refractivity contribution in [1.29, 1.82) is 0 Å². The number of carbonyl (C=O) groups is 1. The summed E-state index contributed by atoms with van der Waals surface area (Å²) >= 11 is 7.33. The number of rotatable bonds is 2. The third-order valence-corrected chi connectivity index (χ3v) is 4.85. The first kappa shape index (κ1) is 15.1. The summed E-state index contributed by atoms with van der Waals surface area (Å²) in [6, 6.07) is 9.70. The van der Waals surface area contributed by atoms with Crippen molar-refractivity contribution in [2.45, 2.75) is 26.2 Å². The molecule has 0 unspecified atom stereocenters. The number of nitrogens with one attached hydrogen (secondary N) is 2. The lowest BCUT2D eigenvalue weighted by atomic mass is 9.92. The van der Waals surface area contributed by atoms with E-state index in [4.69, 9.17) is 11.6 Å². The lowest BCUT2D eigenvalue weighted by Gasteiger charge is -2.15. The molecule has 0 aliphatic rings. The second-order valence-corrected chi connectivity index (χ2v) is 7.61. The van der Waals surface area contributed by atoms with Crippen LogP contribution in [0.3, 0.4) is 0 Å². The summed E-state index contributed by atoms with van der Waals surface area (Å²) in [6.45, 7) is 6.50. The Bertz CT molecular complexity index is 842. The smallest absolute Gasteiger partial charge is 0.267 e. The lowest BCUT2D eigenvalue weighted by molar-refractivity contribution is 0.103. The van der Waals surface area contributed by atoms with Crippen molar-refractivity contribution in [2.75, 3.05) is 5.32 Å². The lowest BCUT2D eigenvalue weighted by Crippen LogP contribution is -2.10. The molecule has 3 nitrogen and oxygen atoms in total. The molecule has 0 radical (unpaired) electrons. The van der Waals surface area contributed by atoms with E-state index in [1.807, 2.05) is 23.6 Å². The van der Waals surface area contributed by atoms with E-state index in [1.165, 1.54) is 17.0 Å². The van der Waals surface area contributed by atoms with Crippen molar-refractivity contribution in [3.05, 3.63) is 51.3 Å². The number of halogens is 1. The molecule has 3 aromatic rings. The number of hydrogen-bond acceptors (Lipinski definition) is 2. The fourth-order valence-corrected chi connectivity index (χ4v) is 3.29. The average Bonchev–Trinajstić information content (AvgIpc) is 3.03. The predicted molar refractivity (Wildman–Crippen MR) is 94.3 cm³/mol. The summed E-state index contributed by atoms with van der Waals surface area (Å²) < 4.78 is 0. The zero-order chi connectivity index (χ0) is 15.9. The van der Waals surface area contributed by atoms with Crippen LogP contribution in [0.15, 0.2) is 35.7 Å². The highest BCUT2D eigenvalue weighted by Crippen LogP contribution is 2.28. The minimum atomic E-state index is -0.175. The molecule has 1 amide bonds. The van der Waals surface area contributed by atoms with Crippen LogP contribution in [0.25, 0.3) is 10.9 Å². The Morgan fingerprint density at radius 2 is 2.00 bits per heavy atom. The van der Waals surface area contributed by atoms with Gasteiger partial charge in [0.1, 0.15) is 4.88 Å². The first-order valence-electron chi connectivity index (χ1n) is 7.02. The first-order chi connectivity index (χ1) is 10.3. The number of benzene rings is 1. The number of H-pyrrole nitrogens is 1. The second kappa shape index (κ2) is 5.45. The Kier molecular flexibility index (Phi) is 3.75. The Labute approximate surface area is 138 Å². The number of hydrogen-bond donors (Lipinski definition) is 2. The van der Waals surface area contributed by atoms with Crippen molar-refractivity contribution in [3.8, 4) is 0 Å². The highest BCUT2D eigenvalue weighted by atomic mass is 35.5. The van der Waals surface area contributed by atoms with E-state index in [0.717, 1.165) is 16.6 Å². The normalized spacial score (nSPS) is 11.8. The van der Waals surface area contributed by atoms with E-state index in [0.29, 0.717) is 9.90 Å². The van der Waals surface area contributed by atoms with Crippen molar-refractivity contribution < 1.29 is 4.79 Å². The van der Waals surface area contributed by atoms with Gasteiger partial charge in [0.05, 0.1) is 5.02 Å². The van der Waals surface area contributed by atoms with Crippen LogP contribution >= 0.6 is 22.9 Å². The minimum absolute atomic E-state index is 0.0624. The maximum atomic E-state index is 12.2. The van der Waals surface area contributed by atoms with Crippen LogP contribution < -0.4 is 5.32 Å². The van der Waals surface area contributed by atoms with Gasteiger partial charge in [-0.3, -0.25) is 4.79 Å². The zero-order valence-electron chi connectivity index (χ0n) is 12.7. The molecule has 0 bridgehead atoms. The van der Waals surface area contributed by atoms with Gasteiger partial charge in [-0.25, -0.2) is 0 Å². The highest BCUT2D eigenvalue weighted by molar-refractivity contribution is 7.12. The molecule has 2 aromatic heterocycles. The van der Waals surface area contributed by atoms with Crippen molar-refractivity contribution in [2.24, 2.45) is 0 Å². The number of amides is 1. The molecule has 2 heterocycles. The topological polar surface area (TPSA) is 44.9 Å². The van der Waals surface area contributed by atoms with E-state index < -0.39 is 0 Å². The van der Waals surface area contributed by atoms with Crippen LogP contribution in [0.1, 0.15) is 36.1 Å². The molecule has 0 aliphatic heterocycles. The maximum absolute atomic E-state index is 12.2. The number of thiophene rings is 1. The largest absolute Gasteiger partial charge is 0.358 e. The van der Waals surface area contributed by atoms with Gasteiger partial charge >= 0.3 is 0 Å². The predicted octanol–water partition coefficient (Wildman–Crippen LogP) is 5.43. The summed E-state index contributed by atoms with van der Waals surface area (Å²) in [7, 11) is 0. The molecule has 22 heavy (non-hydrogen) atoms. The Morgan fingerprint density at radius 1 is 1.23 bits per heavy atom. The molecule has 0 atom stereocenters. The van der Waals surface area contributed by atoms with Gasteiger partial charge in [0, 0.05) is 27.7 Å². The van der Waals surface area contributed by atoms with E-state index in [2.05, 4.69) is 37.1 Å². The number of fused-ring (bicyclic) bond motifs is 1. The van der Waals surface area contributed by atoms with Gasteiger partial charge < -0.3 is 10.3 Å². The molecule has 1 aromatic carbocycles. The summed E-state index contributed by atoms with van der Waals surface area (Å²) in [5.41, 5.74) is 3.07. The van der Waals surface area contributed by atoms with Gasteiger partial charge in [-0.2, -0.15) is 0 Å². The van der Waals surface area contributed by atoms with Crippen molar-refractivity contribution in [1.82, 2.24) is 4.98 Å². The van der Waals surface area contributed by atoms with E-state index in [1.54, 1.807) is 6.07 Å². The molecular weight excluding hydrogens is 316 g/mol. The van der Waals surface area contributed by atoms with E-state index in [-0.39, 0.29) is 11.3 Å². The number of aromatic nitrogens is 1. The van der Waals surface area contributed by atoms with Gasteiger partial charge in [0.2, 0.25) is 0 Å². The molecule has 0 spiro atoms. The number of carbonyl (C=O) groups excluding carboxylic acids is 1. The van der Waals surface area contributed by atoms with Gasteiger partial charge in [-0.1, -0.05) is 32.4 Å². The summed E-state index contributed by atoms with van der Waals surface area (Å²) in [5.74, 6) is -0.175.